The zero-order valence-electron chi connectivity index (χ0n) is 26.1. The van der Waals surface area contributed by atoms with Gasteiger partial charge in [-0.3, -0.25) is 10.2 Å². The molecule has 0 aliphatic carbocycles. The van der Waals surface area contributed by atoms with Crippen LogP contribution in [-0.2, 0) is 22.7 Å². The number of fused-ring (bicyclic) bond motifs is 4. The van der Waals surface area contributed by atoms with Gasteiger partial charge < -0.3 is 19.3 Å². The van der Waals surface area contributed by atoms with E-state index in [9.17, 15) is 10.1 Å². The number of thiophene rings is 1. The number of anilines is 2. The summed E-state index contributed by atoms with van der Waals surface area (Å²) in [5.41, 5.74) is 0.268. The first-order valence-electron chi connectivity index (χ1n) is 15.3. The fourth-order valence-electron chi connectivity index (χ4n) is 6.60. The van der Waals surface area contributed by atoms with Crippen molar-refractivity contribution < 1.29 is 23.0 Å². The molecular weight excluding hydrogens is 614 g/mol. The molecule has 4 aromatic rings. The van der Waals surface area contributed by atoms with Gasteiger partial charge in [-0.2, -0.15) is 5.26 Å². The lowest BCUT2D eigenvalue weighted by molar-refractivity contribution is 0.0636. The molecule has 1 amide bonds. The molecule has 2 fully saturated rings. The Morgan fingerprint density at radius 1 is 1.11 bits per heavy atom. The molecule has 0 radical (unpaired) electrons. The maximum Gasteiger partial charge on any atom is 0.412 e. The molecule has 46 heavy (non-hydrogen) atoms. The average Bonchev–Trinajstić information content (AvgIpc) is 3.76. The van der Waals surface area contributed by atoms with Crippen LogP contribution in [0.1, 0.15) is 43.9 Å². The van der Waals surface area contributed by atoms with Crippen molar-refractivity contribution in [2.45, 2.75) is 52.0 Å². The average molecular weight is 649 g/mol. The van der Waals surface area contributed by atoms with E-state index >= 15 is 8.78 Å². The van der Waals surface area contributed by atoms with Gasteiger partial charge in [0.25, 0.3) is 0 Å². The van der Waals surface area contributed by atoms with Gasteiger partial charge in [0.05, 0.1) is 25.0 Å². The smallest absolute Gasteiger partial charge is 0.412 e. The molecule has 0 spiro atoms. The maximum atomic E-state index is 16.9. The second-order valence-corrected chi connectivity index (χ2v) is 14.0. The van der Waals surface area contributed by atoms with Crippen LogP contribution in [0.4, 0.5) is 24.5 Å². The Labute approximate surface area is 268 Å². The van der Waals surface area contributed by atoms with Crippen LogP contribution >= 0.6 is 11.3 Å². The van der Waals surface area contributed by atoms with Crippen molar-refractivity contribution in [3.63, 3.8) is 0 Å². The Bertz CT molecular complexity index is 1910. The second kappa shape index (κ2) is 11.6. The van der Waals surface area contributed by atoms with Crippen LogP contribution in [0.3, 0.4) is 0 Å². The lowest BCUT2D eigenvalue weighted by Gasteiger charge is -2.36. The molecular formula is C32H34F2N8O3S. The summed E-state index contributed by atoms with van der Waals surface area (Å²) < 4.78 is 43.9. The summed E-state index contributed by atoms with van der Waals surface area (Å²) in [5, 5.41) is 13.5. The number of pyridine rings is 1. The van der Waals surface area contributed by atoms with Crippen LogP contribution in [0.25, 0.3) is 32.2 Å². The van der Waals surface area contributed by atoms with Gasteiger partial charge in [-0.15, -0.1) is 0 Å². The molecule has 0 unspecified atom stereocenters. The Hall–Kier alpha value is -4.03. The molecule has 0 bridgehead atoms. The summed E-state index contributed by atoms with van der Waals surface area (Å²) >= 11 is 0.989. The first-order chi connectivity index (χ1) is 22.0. The molecule has 0 saturated carbocycles. The number of carbonyl (C=O) groups is 1. The number of likely N-dealkylation sites (N-methyl/N-ethyl adjacent to an activating group) is 1. The van der Waals surface area contributed by atoms with Crippen molar-refractivity contribution in [2.75, 3.05) is 56.5 Å². The predicted octanol–water partition coefficient (Wildman–Crippen LogP) is 5.26. The maximum absolute atomic E-state index is 16.9. The molecule has 11 nitrogen and oxygen atoms in total. The van der Waals surface area contributed by atoms with E-state index in [1.54, 1.807) is 27.0 Å². The van der Waals surface area contributed by atoms with Crippen molar-refractivity contribution in [1.29, 1.82) is 5.26 Å². The van der Waals surface area contributed by atoms with Crippen molar-refractivity contribution >= 4 is 49.5 Å². The summed E-state index contributed by atoms with van der Waals surface area (Å²) in [6.45, 7) is 10.9. The number of carbonyl (C=O) groups excluding carboxylic acids is 1. The highest BCUT2D eigenvalue weighted by Crippen LogP contribution is 2.46. The third-order valence-electron chi connectivity index (χ3n) is 8.84. The van der Waals surface area contributed by atoms with Crippen LogP contribution in [0.15, 0.2) is 12.4 Å². The van der Waals surface area contributed by atoms with Crippen molar-refractivity contribution in [2.24, 2.45) is 0 Å². The van der Waals surface area contributed by atoms with Crippen LogP contribution in [-0.4, -0.2) is 88.8 Å². The SMILES string of the molecule is CN1CCN([C@@H]2CCN(c3ncc4c5c(c(-c6c(F)cnc7sc(NC(=O)OC(C)(C)C)c(C#N)c67)c(F)c4n3)COC5)C2)CC1. The van der Waals surface area contributed by atoms with E-state index in [0.29, 0.717) is 28.5 Å². The standard InChI is InChI=1S/C32H34F2N8O3S/c1-32(2,3)45-31(43)39-28-18(11-35)24-25(22(33)13-36-29(24)46-28)23-21-16-44-15-20(21)19-12-37-30(38-27(19)26(23)34)42-6-5-17(14-42)41-9-7-40(4)8-10-41/h12-13,17H,5-10,14-16H2,1-4H3,(H,39,43)/t17-/m1/s1. The number of amides is 1. The van der Waals surface area contributed by atoms with E-state index in [-0.39, 0.29) is 50.6 Å². The van der Waals surface area contributed by atoms with Gasteiger partial charge in [-0.05, 0) is 45.4 Å². The number of piperazine rings is 1. The Balaban J connectivity index is 1.32. The number of ether oxygens (including phenoxy) is 2. The monoisotopic (exact) mass is 648 g/mol. The second-order valence-electron chi connectivity index (χ2n) is 13.0. The molecule has 6 heterocycles. The molecule has 14 heteroatoms. The van der Waals surface area contributed by atoms with Crippen molar-refractivity contribution in [1.82, 2.24) is 24.8 Å². The highest BCUT2D eigenvalue weighted by atomic mass is 32.1. The zero-order chi connectivity index (χ0) is 32.3. The minimum Gasteiger partial charge on any atom is -0.444 e. The van der Waals surface area contributed by atoms with E-state index in [1.165, 1.54) is 0 Å². The third kappa shape index (κ3) is 5.41. The number of nitrogens with one attached hydrogen (secondary N) is 1. The van der Waals surface area contributed by atoms with Crippen molar-refractivity contribution in [3.05, 3.63) is 40.7 Å². The van der Waals surface area contributed by atoms with Gasteiger partial charge in [0, 0.05) is 73.4 Å². The summed E-state index contributed by atoms with van der Waals surface area (Å²) in [6, 6.07) is 2.44. The van der Waals surface area contributed by atoms with E-state index < -0.39 is 23.3 Å². The minimum absolute atomic E-state index is 0.0237. The van der Waals surface area contributed by atoms with Crippen LogP contribution in [0.5, 0.6) is 0 Å². The van der Waals surface area contributed by atoms with Gasteiger partial charge in [-0.25, -0.2) is 28.5 Å². The highest BCUT2D eigenvalue weighted by molar-refractivity contribution is 7.23. The van der Waals surface area contributed by atoms with Gasteiger partial charge in [0.1, 0.15) is 32.8 Å². The van der Waals surface area contributed by atoms with E-state index in [1.807, 2.05) is 0 Å². The zero-order valence-corrected chi connectivity index (χ0v) is 26.9. The Morgan fingerprint density at radius 2 is 1.87 bits per heavy atom. The number of rotatable bonds is 4. The van der Waals surface area contributed by atoms with E-state index in [0.717, 1.165) is 63.2 Å². The Kier molecular flexibility index (Phi) is 7.75. The topological polar surface area (TPSA) is 120 Å². The fraction of sp³-hybridized carbons (Fsp3) is 0.469. The molecule has 7 rings (SSSR count). The lowest BCUT2D eigenvalue weighted by atomic mass is 9.91. The molecule has 2 saturated heterocycles. The first-order valence-corrected chi connectivity index (χ1v) is 16.1. The minimum atomic E-state index is -0.804. The number of nitriles is 1. The summed E-state index contributed by atoms with van der Waals surface area (Å²) in [4.78, 5) is 33.3. The molecule has 1 N–H and O–H groups in total. The number of benzene rings is 1. The highest BCUT2D eigenvalue weighted by Gasteiger charge is 2.34. The molecule has 1 aromatic carbocycles. The van der Waals surface area contributed by atoms with Gasteiger partial charge in [-0.1, -0.05) is 11.3 Å². The molecule has 1 atom stereocenters. The lowest BCUT2D eigenvalue weighted by Crippen LogP contribution is -2.49. The molecule has 3 aliphatic heterocycles. The quantitative estimate of drug-likeness (QED) is 0.314. The number of aromatic nitrogens is 3. The summed E-state index contributed by atoms with van der Waals surface area (Å²) in [5.74, 6) is -1.10. The predicted molar refractivity (Wildman–Crippen MR) is 171 cm³/mol. The van der Waals surface area contributed by atoms with Gasteiger partial charge >= 0.3 is 6.09 Å². The van der Waals surface area contributed by atoms with Gasteiger partial charge in [0.2, 0.25) is 5.95 Å². The molecule has 240 valence electrons. The molecule has 3 aliphatic rings. The van der Waals surface area contributed by atoms with Gasteiger partial charge in [0.15, 0.2) is 5.82 Å². The largest absolute Gasteiger partial charge is 0.444 e. The number of nitrogens with zero attached hydrogens (tertiary/aromatic N) is 7. The fourth-order valence-corrected chi connectivity index (χ4v) is 7.59. The number of hydrogen-bond acceptors (Lipinski definition) is 11. The van der Waals surface area contributed by atoms with Crippen LogP contribution in [0, 0.1) is 23.0 Å². The van der Waals surface area contributed by atoms with E-state index in [4.69, 9.17) is 14.5 Å². The summed E-state index contributed by atoms with van der Waals surface area (Å²) in [7, 11) is 2.13. The number of halogens is 2. The van der Waals surface area contributed by atoms with Crippen LogP contribution < -0.4 is 10.2 Å². The first kappa shape index (κ1) is 30.6. The van der Waals surface area contributed by atoms with E-state index in [2.05, 4.69) is 43.1 Å². The summed E-state index contributed by atoms with van der Waals surface area (Å²) in [6.07, 6.45) is 2.83. The normalized spacial score (nSPS) is 19.2. The number of hydrogen-bond donors (Lipinski definition) is 1. The Morgan fingerprint density at radius 3 is 2.61 bits per heavy atom. The van der Waals surface area contributed by atoms with Crippen LogP contribution in [0.2, 0.25) is 0 Å². The van der Waals surface area contributed by atoms with Crippen molar-refractivity contribution in [3.8, 4) is 17.2 Å². The molecule has 3 aromatic heterocycles. The third-order valence-corrected chi connectivity index (χ3v) is 9.85.